The van der Waals surface area contributed by atoms with Crippen molar-refractivity contribution in [3.8, 4) is 0 Å². The average Bonchev–Trinajstić information content (AvgIpc) is 2.06. The van der Waals surface area contributed by atoms with Crippen molar-refractivity contribution in [3.63, 3.8) is 0 Å². The standard InChI is InChI=1S/C8H5F5IN/c1-3-5(14)2-4(7(9)10)6(15-3)8(11,12)13/h2,7H,1H3. The van der Waals surface area contributed by atoms with Crippen molar-refractivity contribution in [2.75, 3.05) is 0 Å². The van der Waals surface area contributed by atoms with E-state index in [0.717, 1.165) is 6.07 Å². The number of nitrogens with zero attached hydrogens (tertiary/aromatic N) is 1. The number of aromatic nitrogens is 1. The van der Waals surface area contributed by atoms with Gasteiger partial charge in [-0.15, -0.1) is 0 Å². The third kappa shape index (κ3) is 2.76. The molecule has 1 aromatic rings. The third-order valence-corrected chi connectivity index (χ3v) is 2.78. The maximum Gasteiger partial charge on any atom is 0.433 e. The molecule has 0 aromatic carbocycles. The fraction of sp³-hybridized carbons (Fsp3) is 0.375. The number of hydrogen-bond acceptors (Lipinski definition) is 1. The molecule has 0 atom stereocenters. The van der Waals surface area contributed by atoms with Crippen LogP contribution >= 0.6 is 22.6 Å². The van der Waals surface area contributed by atoms with Gasteiger partial charge in [-0.3, -0.25) is 0 Å². The van der Waals surface area contributed by atoms with Crippen molar-refractivity contribution < 1.29 is 22.0 Å². The molecule has 15 heavy (non-hydrogen) atoms. The van der Waals surface area contributed by atoms with Crippen molar-refractivity contribution in [2.24, 2.45) is 0 Å². The van der Waals surface area contributed by atoms with Crippen LogP contribution in [0, 0.1) is 10.5 Å². The second kappa shape index (κ2) is 4.18. The number of alkyl halides is 5. The van der Waals surface area contributed by atoms with E-state index in [2.05, 4.69) is 4.98 Å². The number of rotatable bonds is 1. The summed E-state index contributed by atoms with van der Waals surface area (Å²) in [7, 11) is 0. The quantitative estimate of drug-likeness (QED) is 0.559. The summed E-state index contributed by atoms with van der Waals surface area (Å²) in [5.41, 5.74) is -2.49. The molecule has 0 aliphatic rings. The molecule has 0 saturated carbocycles. The smallest absolute Gasteiger partial charge is 0.247 e. The summed E-state index contributed by atoms with van der Waals surface area (Å²) in [6.07, 6.45) is -8.02. The SMILES string of the molecule is Cc1nc(C(F)(F)F)c(C(F)F)cc1I. The van der Waals surface area contributed by atoms with Crippen LogP contribution in [0.25, 0.3) is 0 Å². The first-order valence-corrected chi connectivity index (χ1v) is 4.83. The largest absolute Gasteiger partial charge is 0.433 e. The van der Waals surface area contributed by atoms with E-state index in [9.17, 15) is 22.0 Å². The van der Waals surface area contributed by atoms with Gasteiger partial charge in [0, 0.05) is 9.13 Å². The van der Waals surface area contributed by atoms with Gasteiger partial charge in [0.05, 0.1) is 5.69 Å². The Morgan fingerprint density at radius 2 is 1.87 bits per heavy atom. The Kier molecular flexibility index (Phi) is 3.51. The number of aryl methyl sites for hydroxylation is 1. The van der Waals surface area contributed by atoms with Gasteiger partial charge in [-0.1, -0.05) is 0 Å². The highest BCUT2D eigenvalue weighted by atomic mass is 127. The third-order valence-electron chi connectivity index (χ3n) is 1.68. The minimum atomic E-state index is -4.85. The molecular formula is C8H5F5IN. The summed E-state index contributed by atoms with van der Waals surface area (Å²) in [5.74, 6) is 0. The minimum Gasteiger partial charge on any atom is -0.247 e. The molecule has 0 aliphatic carbocycles. The molecular weight excluding hydrogens is 332 g/mol. The van der Waals surface area contributed by atoms with Crippen LogP contribution in [0.5, 0.6) is 0 Å². The molecule has 1 rings (SSSR count). The lowest BCUT2D eigenvalue weighted by Gasteiger charge is -2.12. The van der Waals surface area contributed by atoms with Crippen LogP contribution in [0.4, 0.5) is 22.0 Å². The Morgan fingerprint density at radius 1 is 1.33 bits per heavy atom. The zero-order valence-electron chi connectivity index (χ0n) is 7.37. The van der Waals surface area contributed by atoms with Crippen LogP contribution in [0.15, 0.2) is 6.07 Å². The van der Waals surface area contributed by atoms with E-state index in [1.165, 1.54) is 6.92 Å². The molecule has 0 aliphatic heterocycles. The van der Waals surface area contributed by atoms with E-state index < -0.39 is 23.9 Å². The molecule has 7 heteroatoms. The Balaban J connectivity index is 3.42. The highest BCUT2D eigenvalue weighted by Crippen LogP contribution is 2.36. The van der Waals surface area contributed by atoms with Crippen LogP contribution in [0.3, 0.4) is 0 Å². The highest BCUT2D eigenvalue weighted by Gasteiger charge is 2.38. The van der Waals surface area contributed by atoms with Gasteiger partial charge in [-0.05, 0) is 35.6 Å². The van der Waals surface area contributed by atoms with E-state index in [1.807, 2.05) is 0 Å². The monoisotopic (exact) mass is 337 g/mol. The van der Waals surface area contributed by atoms with Gasteiger partial charge in [0.1, 0.15) is 0 Å². The first-order chi connectivity index (χ1) is 6.73. The van der Waals surface area contributed by atoms with Crippen molar-refractivity contribution in [1.82, 2.24) is 4.98 Å². The molecule has 0 saturated heterocycles. The molecule has 1 heterocycles. The first-order valence-electron chi connectivity index (χ1n) is 3.76. The van der Waals surface area contributed by atoms with Crippen molar-refractivity contribution in [3.05, 3.63) is 26.6 Å². The maximum absolute atomic E-state index is 12.3. The molecule has 0 fully saturated rings. The van der Waals surface area contributed by atoms with E-state index in [4.69, 9.17) is 0 Å². The van der Waals surface area contributed by atoms with Gasteiger partial charge >= 0.3 is 6.18 Å². The van der Waals surface area contributed by atoms with Gasteiger partial charge in [0.15, 0.2) is 5.69 Å². The van der Waals surface area contributed by atoms with Crippen LogP contribution < -0.4 is 0 Å². The fourth-order valence-electron chi connectivity index (χ4n) is 0.988. The lowest BCUT2D eigenvalue weighted by Crippen LogP contribution is -2.14. The molecule has 1 aromatic heterocycles. The molecule has 0 unspecified atom stereocenters. The van der Waals surface area contributed by atoms with Crippen LogP contribution in [-0.2, 0) is 6.18 Å². The van der Waals surface area contributed by atoms with Crippen LogP contribution in [0.1, 0.15) is 23.4 Å². The predicted octanol–water partition coefficient (Wildman–Crippen LogP) is 3.95. The van der Waals surface area contributed by atoms with Gasteiger partial charge in [-0.25, -0.2) is 13.8 Å². The molecule has 0 amide bonds. The normalized spacial score (nSPS) is 12.3. The Hall–Kier alpha value is -0.470. The van der Waals surface area contributed by atoms with E-state index >= 15 is 0 Å². The molecule has 0 N–H and O–H groups in total. The molecule has 1 nitrogen and oxygen atoms in total. The summed E-state index contributed by atoms with van der Waals surface area (Å²) in [6, 6.07) is 0.816. The van der Waals surface area contributed by atoms with Crippen molar-refractivity contribution in [2.45, 2.75) is 19.5 Å². The average molecular weight is 337 g/mol. The lowest BCUT2D eigenvalue weighted by molar-refractivity contribution is -0.143. The van der Waals surface area contributed by atoms with Crippen molar-refractivity contribution in [1.29, 1.82) is 0 Å². The summed E-state index contributed by atoms with van der Waals surface area (Å²) < 4.78 is 61.9. The zero-order valence-corrected chi connectivity index (χ0v) is 9.53. The fourth-order valence-corrected chi connectivity index (χ4v) is 1.44. The molecule has 0 spiro atoms. The minimum absolute atomic E-state index is 0.0901. The van der Waals surface area contributed by atoms with E-state index in [1.54, 1.807) is 22.6 Å². The summed E-state index contributed by atoms with van der Waals surface area (Å²) >= 11 is 1.66. The number of halogens is 6. The van der Waals surface area contributed by atoms with Crippen LogP contribution in [0.2, 0.25) is 0 Å². The zero-order chi connectivity index (χ0) is 11.8. The maximum atomic E-state index is 12.3. The Morgan fingerprint density at radius 3 is 2.27 bits per heavy atom. The Labute approximate surface area is 95.8 Å². The highest BCUT2D eigenvalue weighted by molar-refractivity contribution is 14.1. The lowest BCUT2D eigenvalue weighted by atomic mass is 10.1. The van der Waals surface area contributed by atoms with E-state index in [-0.39, 0.29) is 9.26 Å². The first kappa shape index (κ1) is 12.6. The summed E-state index contributed by atoms with van der Waals surface area (Å²) in [5, 5.41) is 0. The molecule has 84 valence electrons. The van der Waals surface area contributed by atoms with Gasteiger partial charge in [-0.2, -0.15) is 13.2 Å². The van der Waals surface area contributed by atoms with Crippen LogP contribution in [-0.4, -0.2) is 4.98 Å². The predicted molar refractivity (Wildman–Crippen MR) is 51.7 cm³/mol. The molecule has 0 bridgehead atoms. The van der Waals surface area contributed by atoms with Gasteiger partial charge in [0.25, 0.3) is 6.43 Å². The summed E-state index contributed by atoms with van der Waals surface area (Å²) in [4.78, 5) is 3.15. The second-order valence-electron chi connectivity index (χ2n) is 2.79. The van der Waals surface area contributed by atoms with Crippen molar-refractivity contribution >= 4 is 22.6 Å². The Bertz CT molecular complexity index is 374. The number of pyridine rings is 1. The molecule has 0 radical (unpaired) electrons. The summed E-state index contributed by atoms with van der Waals surface area (Å²) in [6.45, 7) is 1.34. The second-order valence-corrected chi connectivity index (χ2v) is 3.95. The number of hydrogen-bond donors (Lipinski definition) is 0. The van der Waals surface area contributed by atoms with E-state index in [0.29, 0.717) is 0 Å². The topological polar surface area (TPSA) is 12.9 Å². The van der Waals surface area contributed by atoms with Gasteiger partial charge < -0.3 is 0 Å². The van der Waals surface area contributed by atoms with Gasteiger partial charge in [0.2, 0.25) is 0 Å².